The van der Waals surface area contributed by atoms with Crippen molar-refractivity contribution in [3.05, 3.63) is 83.9 Å². The van der Waals surface area contributed by atoms with Crippen molar-refractivity contribution in [2.75, 3.05) is 13.2 Å². The highest BCUT2D eigenvalue weighted by atomic mass is 16.5. The van der Waals surface area contributed by atoms with E-state index in [0.717, 1.165) is 22.5 Å². The van der Waals surface area contributed by atoms with E-state index >= 15 is 0 Å². The van der Waals surface area contributed by atoms with Crippen molar-refractivity contribution in [3.8, 4) is 11.5 Å². The second kappa shape index (κ2) is 8.50. The molecular formula is C23H20N2O3. The summed E-state index contributed by atoms with van der Waals surface area (Å²) in [4.78, 5) is 9.20. The highest BCUT2D eigenvalue weighted by Gasteiger charge is 2.11. The minimum atomic E-state index is -0.766. The lowest BCUT2D eigenvalue weighted by atomic mass is 10.2. The molecule has 1 heterocycles. The fourth-order valence-electron chi connectivity index (χ4n) is 2.82. The van der Waals surface area contributed by atoms with Gasteiger partial charge < -0.3 is 14.6 Å². The topological polar surface area (TPSA) is 63.4 Å². The molecule has 0 atom stereocenters. The first-order valence-electron chi connectivity index (χ1n) is 9.08. The third kappa shape index (κ3) is 4.27. The van der Waals surface area contributed by atoms with Crippen molar-refractivity contribution in [1.82, 2.24) is 0 Å². The first kappa shape index (κ1) is 17.9. The average Bonchev–Trinajstić information content (AvgIpc) is 2.75. The van der Waals surface area contributed by atoms with Gasteiger partial charge in [0.15, 0.2) is 0 Å². The molecule has 1 N–H and O–H groups in total. The van der Waals surface area contributed by atoms with Crippen molar-refractivity contribution in [2.24, 2.45) is 9.98 Å². The molecule has 0 fully saturated rings. The zero-order valence-corrected chi connectivity index (χ0v) is 15.2. The lowest BCUT2D eigenvalue weighted by Gasteiger charge is -2.15. The van der Waals surface area contributed by atoms with E-state index in [4.69, 9.17) is 9.47 Å². The van der Waals surface area contributed by atoms with E-state index in [1.807, 2.05) is 72.8 Å². The van der Waals surface area contributed by atoms with Gasteiger partial charge in [-0.15, -0.1) is 0 Å². The Morgan fingerprint density at radius 1 is 0.643 bits per heavy atom. The maximum Gasteiger partial charge on any atom is 0.128 e. The predicted octanol–water partition coefficient (Wildman–Crippen LogP) is 4.32. The van der Waals surface area contributed by atoms with Crippen molar-refractivity contribution in [2.45, 2.75) is 6.10 Å². The van der Waals surface area contributed by atoms with Crippen LogP contribution in [0.25, 0.3) is 0 Å². The van der Waals surface area contributed by atoms with E-state index < -0.39 is 6.10 Å². The summed E-state index contributed by atoms with van der Waals surface area (Å²) in [5, 5.41) is 10.3. The van der Waals surface area contributed by atoms with Crippen LogP contribution in [0.15, 0.2) is 82.8 Å². The van der Waals surface area contributed by atoms with E-state index in [0.29, 0.717) is 11.5 Å². The lowest BCUT2D eigenvalue weighted by molar-refractivity contribution is 0.0625. The molecule has 0 radical (unpaired) electrons. The van der Waals surface area contributed by atoms with Gasteiger partial charge in [0.1, 0.15) is 30.8 Å². The number of nitrogens with zero attached hydrogens (tertiary/aromatic N) is 2. The molecule has 5 nitrogen and oxygen atoms in total. The highest BCUT2D eigenvalue weighted by molar-refractivity contribution is 5.89. The molecule has 0 saturated heterocycles. The van der Waals surface area contributed by atoms with Crippen LogP contribution in [0, 0.1) is 0 Å². The molecule has 0 saturated carbocycles. The Balaban J connectivity index is 1.76. The lowest BCUT2D eigenvalue weighted by Crippen LogP contribution is -2.25. The molecule has 0 aromatic heterocycles. The summed E-state index contributed by atoms with van der Waals surface area (Å²) < 4.78 is 11.6. The van der Waals surface area contributed by atoms with Gasteiger partial charge in [0.2, 0.25) is 0 Å². The minimum Gasteiger partial charge on any atom is -0.490 e. The van der Waals surface area contributed by atoms with Crippen LogP contribution in [0.1, 0.15) is 11.1 Å². The Morgan fingerprint density at radius 3 is 1.57 bits per heavy atom. The Morgan fingerprint density at radius 2 is 1.07 bits per heavy atom. The fourth-order valence-corrected chi connectivity index (χ4v) is 2.82. The Bertz CT molecular complexity index is 933. The molecule has 0 unspecified atom stereocenters. The zero-order valence-electron chi connectivity index (χ0n) is 15.2. The third-order valence-corrected chi connectivity index (χ3v) is 4.27. The van der Waals surface area contributed by atoms with Gasteiger partial charge >= 0.3 is 0 Å². The van der Waals surface area contributed by atoms with Crippen molar-refractivity contribution >= 4 is 23.8 Å². The Labute approximate surface area is 163 Å². The summed E-state index contributed by atoms with van der Waals surface area (Å²) in [5.41, 5.74) is 3.16. The molecule has 0 amide bonds. The number of fused-ring (bicyclic) bond motifs is 3. The van der Waals surface area contributed by atoms with Crippen molar-refractivity contribution < 1.29 is 14.6 Å². The van der Waals surface area contributed by atoms with Gasteiger partial charge in [-0.25, -0.2) is 0 Å². The van der Waals surface area contributed by atoms with E-state index in [1.54, 1.807) is 12.4 Å². The van der Waals surface area contributed by atoms with Crippen LogP contribution in [0.3, 0.4) is 0 Å². The summed E-state index contributed by atoms with van der Waals surface area (Å²) >= 11 is 0. The van der Waals surface area contributed by atoms with E-state index in [1.165, 1.54) is 0 Å². The van der Waals surface area contributed by atoms with E-state index in [2.05, 4.69) is 9.98 Å². The van der Waals surface area contributed by atoms with Gasteiger partial charge in [0.25, 0.3) is 0 Å². The molecule has 0 bridgehead atoms. The minimum absolute atomic E-state index is 0.123. The molecule has 0 spiro atoms. The van der Waals surface area contributed by atoms with E-state index in [9.17, 15) is 5.11 Å². The number of aliphatic imine (C=N–C) groups is 2. The molecule has 140 valence electrons. The third-order valence-electron chi connectivity index (χ3n) is 4.27. The summed E-state index contributed by atoms with van der Waals surface area (Å²) in [5.74, 6) is 1.31. The van der Waals surface area contributed by atoms with Gasteiger partial charge in [-0.05, 0) is 36.4 Å². The van der Waals surface area contributed by atoms with Gasteiger partial charge in [-0.3, -0.25) is 9.98 Å². The molecule has 1 aliphatic rings. The molecule has 3 aromatic rings. The van der Waals surface area contributed by atoms with Gasteiger partial charge in [0.05, 0.1) is 11.4 Å². The van der Waals surface area contributed by atoms with Gasteiger partial charge in [-0.2, -0.15) is 0 Å². The SMILES string of the molecule is OC1COc2ccccc2C=Nc2ccccc2N=Cc2ccccc2OC1. The van der Waals surface area contributed by atoms with Crippen molar-refractivity contribution in [1.29, 1.82) is 0 Å². The number of hydrogen-bond acceptors (Lipinski definition) is 5. The first-order valence-corrected chi connectivity index (χ1v) is 9.08. The van der Waals surface area contributed by atoms with E-state index in [-0.39, 0.29) is 13.2 Å². The van der Waals surface area contributed by atoms with Crippen LogP contribution in [0.4, 0.5) is 11.4 Å². The largest absolute Gasteiger partial charge is 0.490 e. The van der Waals surface area contributed by atoms with Crippen LogP contribution in [-0.4, -0.2) is 36.9 Å². The summed E-state index contributed by atoms with van der Waals surface area (Å²) in [6.45, 7) is 0.245. The van der Waals surface area contributed by atoms with Crippen LogP contribution in [0.2, 0.25) is 0 Å². The second-order valence-corrected chi connectivity index (χ2v) is 6.36. The van der Waals surface area contributed by atoms with Crippen LogP contribution < -0.4 is 9.47 Å². The zero-order chi connectivity index (χ0) is 19.2. The molecule has 0 aliphatic carbocycles. The van der Waals surface area contributed by atoms with Gasteiger partial charge in [-0.1, -0.05) is 36.4 Å². The first-order chi connectivity index (χ1) is 13.8. The molecule has 1 aliphatic heterocycles. The average molecular weight is 372 g/mol. The number of rotatable bonds is 0. The van der Waals surface area contributed by atoms with Crippen LogP contribution >= 0.6 is 0 Å². The number of para-hydroxylation sites is 4. The number of hydrogen-bond donors (Lipinski definition) is 1. The van der Waals surface area contributed by atoms with Gasteiger partial charge in [0, 0.05) is 23.6 Å². The smallest absolute Gasteiger partial charge is 0.128 e. The number of benzene rings is 3. The highest BCUT2D eigenvalue weighted by Crippen LogP contribution is 2.28. The van der Waals surface area contributed by atoms with Crippen LogP contribution in [-0.2, 0) is 0 Å². The number of ether oxygens (including phenoxy) is 2. The number of aliphatic hydroxyl groups excluding tert-OH is 1. The predicted molar refractivity (Wildman–Crippen MR) is 111 cm³/mol. The Hall–Kier alpha value is -3.44. The summed E-state index contributed by atoms with van der Waals surface area (Å²) in [6.07, 6.45) is 2.73. The fraction of sp³-hybridized carbons (Fsp3) is 0.130. The van der Waals surface area contributed by atoms with Crippen molar-refractivity contribution in [3.63, 3.8) is 0 Å². The maximum atomic E-state index is 10.3. The molecular weight excluding hydrogens is 352 g/mol. The molecule has 5 heteroatoms. The monoisotopic (exact) mass is 372 g/mol. The number of aliphatic hydroxyl groups is 1. The second-order valence-electron chi connectivity index (χ2n) is 6.36. The molecule has 28 heavy (non-hydrogen) atoms. The molecule has 4 rings (SSSR count). The Kier molecular flexibility index (Phi) is 5.45. The quantitative estimate of drug-likeness (QED) is 0.639. The summed E-state index contributed by atoms with van der Waals surface area (Å²) in [7, 11) is 0. The normalized spacial score (nSPS) is 16.4. The van der Waals surface area contributed by atoms with Crippen LogP contribution in [0.5, 0.6) is 11.5 Å². The maximum absolute atomic E-state index is 10.3. The summed E-state index contributed by atoms with van der Waals surface area (Å²) in [6, 6.07) is 22.8. The standard InChI is InChI=1S/C23H20N2O3/c26-19-15-27-22-11-5-1-7-17(22)13-24-20-9-3-4-10-21(20)25-14-18-8-2-6-12-23(18)28-16-19/h1-14,19,26H,15-16H2. The molecule has 3 aromatic carbocycles.